The number of aliphatic imine (C=N–C) groups is 1. The summed E-state index contributed by atoms with van der Waals surface area (Å²) >= 11 is 0. The predicted octanol–water partition coefficient (Wildman–Crippen LogP) is 1.81. The van der Waals surface area contributed by atoms with Crippen LogP contribution in [-0.2, 0) is 6.18 Å². The van der Waals surface area contributed by atoms with Gasteiger partial charge in [0.25, 0.3) is 0 Å². The number of carbonyl (C=O) groups is 1. The van der Waals surface area contributed by atoms with Gasteiger partial charge in [-0.25, -0.2) is 13.6 Å². The molecule has 20 heavy (non-hydrogen) atoms. The van der Waals surface area contributed by atoms with Gasteiger partial charge in [0.15, 0.2) is 11.8 Å². The minimum atomic E-state index is -5.06. The van der Waals surface area contributed by atoms with Gasteiger partial charge >= 0.3 is 12.2 Å². The molecule has 10 heteroatoms. The predicted molar refractivity (Wildman–Crippen MR) is 61.0 cm³/mol. The standard InChI is InChI=1S/C10H9F5N4O/c1-19(9(20)18-8(16)17)7-5(10(13,14)15)2-4(11)3-6(7)12/h2-3H,1H3,(H4,16,17,18,20). The fraction of sp³-hybridized carbons (Fsp3) is 0.200. The zero-order chi connectivity index (χ0) is 15.7. The van der Waals surface area contributed by atoms with Gasteiger partial charge in [0.2, 0.25) is 0 Å². The lowest BCUT2D eigenvalue weighted by Gasteiger charge is -2.20. The van der Waals surface area contributed by atoms with Crippen LogP contribution in [0, 0.1) is 11.6 Å². The van der Waals surface area contributed by atoms with Crippen molar-refractivity contribution in [2.75, 3.05) is 11.9 Å². The van der Waals surface area contributed by atoms with Crippen molar-refractivity contribution in [1.29, 1.82) is 0 Å². The highest BCUT2D eigenvalue weighted by Crippen LogP contribution is 2.38. The Kier molecular flexibility index (Phi) is 4.16. The van der Waals surface area contributed by atoms with Gasteiger partial charge in [0.1, 0.15) is 5.82 Å². The van der Waals surface area contributed by atoms with Crippen molar-refractivity contribution in [3.8, 4) is 0 Å². The SMILES string of the molecule is CN(C(=O)N=C(N)N)c1c(F)cc(F)cc1C(F)(F)F. The van der Waals surface area contributed by atoms with Crippen LogP contribution in [0.4, 0.5) is 32.4 Å². The molecule has 0 aromatic heterocycles. The molecule has 0 radical (unpaired) electrons. The molecule has 0 fully saturated rings. The molecule has 1 rings (SSSR count). The third-order valence-corrected chi connectivity index (χ3v) is 2.18. The van der Waals surface area contributed by atoms with E-state index in [0.29, 0.717) is 0 Å². The summed E-state index contributed by atoms with van der Waals surface area (Å²) in [4.78, 5) is 14.6. The van der Waals surface area contributed by atoms with Gasteiger partial charge in [-0.2, -0.15) is 18.2 Å². The molecule has 0 atom stereocenters. The molecule has 0 aliphatic heterocycles. The van der Waals surface area contributed by atoms with Crippen LogP contribution < -0.4 is 16.4 Å². The summed E-state index contributed by atoms with van der Waals surface area (Å²) in [6.07, 6.45) is -5.06. The maximum absolute atomic E-state index is 13.5. The summed E-state index contributed by atoms with van der Waals surface area (Å²) in [5.41, 5.74) is 6.97. The molecule has 110 valence electrons. The van der Waals surface area contributed by atoms with Gasteiger partial charge in [-0.1, -0.05) is 0 Å². The van der Waals surface area contributed by atoms with E-state index < -0.39 is 41.1 Å². The van der Waals surface area contributed by atoms with Crippen LogP contribution in [0.3, 0.4) is 0 Å². The summed E-state index contributed by atoms with van der Waals surface area (Å²) in [5, 5.41) is 0. The number of benzene rings is 1. The summed E-state index contributed by atoms with van der Waals surface area (Å²) in [5.74, 6) is -3.71. The van der Waals surface area contributed by atoms with Crippen LogP contribution in [0.5, 0.6) is 0 Å². The number of anilines is 1. The number of nitrogens with zero attached hydrogens (tertiary/aromatic N) is 2. The van der Waals surface area contributed by atoms with Gasteiger partial charge in [0, 0.05) is 13.1 Å². The van der Waals surface area contributed by atoms with Gasteiger partial charge in [0.05, 0.1) is 11.3 Å². The van der Waals surface area contributed by atoms with Gasteiger partial charge < -0.3 is 11.5 Å². The minimum absolute atomic E-state index is 0.0672. The minimum Gasteiger partial charge on any atom is -0.370 e. The zero-order valence-corrected chi connectivity index (χ0v) is 10.0. The summed E-state index contributed by atoms with van der Waals surface area (Å²) in [6, 6.07) is -1.05. The molecule has 1 aromatic rings. The number of urea groups is 1. The van der Waals surface area contributed by atoms with E-state index in [1.165, 1.54) is 0 Å². The number of alkyl halides is 3. The number of amides is 2. The maximum Gasteiger partial charge on any atom is 0.418 e. The first-order valence-corrected chi connectivity index (χ1v) is 4.97. The lowest BCUT2D eigenvalue weighted by atomic mass is 10.1. The first-order chi connectivity index (χ1) is 9.04. The second kappa shape index (κ2) is 5.31. The van der Waals surface area contributed by atoms with Crippen molar-refractivity contribution >= 4 is 17.7 Å². The Hall–Kier alpha value is -2.39. The van der Waals surface area contributed by atoms with E-state index in [0.717, 1.165) is 7.05 Å². The first kappa shape index (κ1) is 15.7. The molecule has 0 saturated carbocycles. The molecule has 4 N–H and O–H groups in total. The third-order valence-electron chi connectivity index (χ3n) is 2.18. The fourth-order valence-electron chi connectivity index (χ4n) is 1.40. The third kappa shape index (κ3) is 3.33. The Morgan fingerprint density at radius 1 is 1.25 bits per heavy atom. The van der Waals surface area contributed by atoms with Gasteiger partial charge in [-0.15, -0.1) is 0 Å². The van der Waals surface area contributed by atoms with Crippen molar-refractivity contribution in [2.45, 2.75) is 6.18 Å². The molecule has 0 bridgehead atoms. The van der Waals surface area contributed by atoms with Crippen LogP contribution in [-0.4, -0.2) is 19.0 Å². The number of hydrogen-bond acceptors (Lipinski definition) is 1. The molecule has 0 saturated heterocycles. The second-order valence-electron chi connectivity index (χ2n) is 3.66. The normalized spacial score (nSPS) is 11.1. The number of hydrogen-bond donors (Lipinski definition) is 2. The quantitative estimate of drug-likeness (QED) is 0.471. The Labute approximate surface area is 109 Å². The summed E-state index contributed by atoms with van der Waals surface area (Å²) < 4.78 is 64.7. The zero-order valence-electron chi connectivity index (χ0n) is 10.0. The number of halogens is 5. The van der Waals surface area contributed by atoms with E-state index in [9.17, 15) is 26.7 Å². The van der Waals surface area contributed by atoms with Crippen LogP contribution in [0.2, 0.25) is 0 Å². The number of carbonyl (C=O) groups excluding carboxylic acids is 1. The largest absolute Gasteiger partial charge is 0.418 e. The van der Waals surface area contributed by atoms with Crippen LogP contribution in [0.15, 0.2) is 17.1 Å². The molecule has 0 aliphatic rings. The van der Waals surface area contributed by atoms with Crippen molar-refractivity contribution < 1.29 is 26.7 Å². The smallest absolute Gasteiger partial charge is 0.370 e. The summed E-state index contributed by atoms with van der Waals surface area (Å²) in [7, 11) is 0.820. The second-order valence-corrected chi connectivity index (χ2v) is 3.66. The molecule has 0 heterocycles. The molecule has 2 amide bonds. The van der Waals surface area contributed by atoms with E-state index in [1.54, 1.807) is 0 Å². The van der Waals surface area contributed by atoms with E-state index in [1.807, 2.05) is 0 Å². The average molecular weight is 296 g/mol. The molecular formula is C10H9F5N4O. The van der Waals surface area contributed by atoms with E-state index in [2.05, 4.69) is 4.99 Å². The lowest BCUT2D eigenvalue weighted by molar-refractivity contribution is -0.137. The lowest BCUT2D eigenvalue weighted by Crippen LogP contribution is -2.32. The van der Waals surface area contributed by atoms with Gasteiger partial charge in [-0.3, -0.25) is 4.90 Å². The van der Waals surface area contributed by atoms with Crippen molar-refractivity contribution in [3.63, 3.8) is 0 Å². The highest BCUT2D eigenvalue weighted by molar-refractivity contribution is 6.00. The average Bonchev–Trinajstić information content (AvgIpc) is 2.24. The Morgan fingerprint density at radius 2 is 1.80 bits per heavy atom. The Balaban J connectivity index is 3.44. The van der Waals surface area contributed by atoms with E-state index in [4.69, 9.17) is 11.5 Å². The Bertz CT molecular complexity index is 566. The van der Waals surface area contributed by atoms with Crippen molar-refractivity contribution in [1.82, 2.24) is 0 Å². The molecule has 5 nitrogen and oxygen atoms in total. The fourth-order valence-corrected chi connectivity index (χ4v) is 1.40. The molecule has 0 spiro atoms. The van der Waals surface area contributed by atoms with Crippen LogP contribution in [0.1, 0.15) is 5.56 Å². The highest BCUT2D eigenvalue weighted by Gasteiger charge is 2.37. The Morgan fingerprint density at radius 3 is 2.25 bits per heavy atom. The van der Waals surface area contributed by atoms with Crippen molar-refractivity contribution in [2.24, 2.45) is 16.5 Å². The van der Waals surface area contributed by atoms with Crippen LogP contribution in [0.25, 0.3) is 0 Å². The monoisotopic (exact) mass is 296 g/mol. The first-order valence-electron chi connectivity index (χ1n) is 4.97. The number of nitrogens with two attached hydrogens (primary N) is 2. The molecule has 0 aliphatic carbocycles. The van der Waals surface area contributed by atoms with Gasteiger partial charge in [-0.05, 0) is 6.07 Å². The molecular weight excluding hydrogens is 287 g/mol. The van der Waals surface area contributed by atoms with Crippen molar-refractivity contribution in [3.05, 3.63) is 29.3 Å². The van der Waals surface area contributed by atoms with E-state index >= 15 is 0 Å². The summed E-state index contributed by atoms with van der Waals surface area (Å²) in [6.45, 7) is 0. The topological polar surface area (TPSA) is 84.7 Å². The molecule has 1 aromatic carbocycles. The highest BCUT2D eigenvalue weighted by atomic mass is 19.4. The van der Waals surface area contributed by atoms with E-state index in [-0.39, 0.29) is 17.0 Å². The van der Waals surface area contributed by atoms with Crippen LogP contribution >= 0.6 is 0 Å². The number of guanidine groups is 1. The maximum atomic E-state index is 13.5. The number of rotatable bonds is 1. The molecule has 0 unspecified atom stereocenters.